The Kier molecular flexibility index (Phi) is 3.13. The summed E-state index contributed by atoms with van der Waals surface area (Å²) in [6, 6.07) is 3.17. The molecule has 1 aromatic rings. The predicted molar refractivity (Wildman–Crippen MR) is 51.6 cm³/mol. The summed E-state index contributed by atoms with van der Waals surface area (Å²) >= 11 is 8.75. The van der Waals surface area contributed by atoms with Crippen LogP contribution in [-0.2, 0) is 6.42 Å². The Morgan fingerprint density at radius 3 is 2.83 bits per heavy atom. The zero-order chi connectivity index (χ0) is 9.14. The number of hydrogen-bond donors (Lipinski definition) is 0. The third-order valence-electron chi connectivity index (χ3n) is 1.42. The van der Waals surface area contributed by atoms with E-state index in [0.29, 0.717) is 10.0 Å². The molecule has 0 heterocycles. The van der Waals surface area contributed by atoms with E-state index in [2.05, 4.69) is 21.9 Å². The molecule has 3 heteroatoms. The van der Waals surface area contributed by atoms with E-state index in [1.807, 2.05) is 0 Å². The average Bonchev–Trinajstić information content (AvgIpc) is 2.06. The Bertz CT molecular complexity index is 341. The molecule has 0 fully saturated rings. The molecular weight excluding hydrogens is 242 g/mol. The lowest BCUT2D eigenvalue weighted by Gasteiger charge is -2.02. The zero-order valence-electron chi connectivity index (χ0n) is 6.07. The van der Waals surface area contributed by atoms with E-state index in [-0.39, 0.29) is 11.4 Å². The van der Waals surface area contributed by atoms with Crippen LogP contribution in [0.25, 0.3) is 0 Å². The van der Waals surface area contributed by atoms with Crippen molar-refractivity contribution in [3.8, 4) is 12.3 Å². The highest BCUT2D eigenvalue weighted by Crippen LogP contribution is 2.25. The highest BCUT2D eigenvalue weighted by atomic mass is 79.9. The van der Waals surface area contributed by atoms with Crippen LogP contribution in [0, 0.1) is 18.2 Å². The van der Waals surface area contributed by atoms with Crippen LogP contribution in [0.15, 0.2) is 16.6 Å². The van der Waals surface area contributed by atoms with Crippen LogP contribution in [0.1, 0.15) is 5.56 Å². The van der Waals surface area contributed by atoms with Gasteiger partial charge in [0.25, 0.3) is 0 Å². The van der Waals surface area contributed by atoms with E-state index in [4.69, 9.17) is 18.0 Å². The first kappa shape index (κ1) is 9.57. The Morgan fingerprint density at radius 1 is 1.58 bits per heavy atom. The van der Waals surface area contributed by atoms with Gasteiger partial charge in [-0.2, -0.15) is 0 Å². The molecule has 0 unspecified atom stereocenters. The van der Waals surface area contributed by atoms with E-state index >= 15 is 0 Å². The smallest absolute Gasteiger partial charge is 0.147 e. The molecule has 1 aromatic carbocycles. The summed E-state index contributed by atoms with van der Waals surface area (Å²) in [7, 11) is 0. The fourth-order valence-corrected chi connectivity index (χ4v) is 1.46. The minimum atomic E-state index is -0.441. The molecule has 62 valence electrons. The third-order valence-corrected chi connectivity index (χ3v) is 2.45. The summed E-state index contributed by atoms with van der Waals surface area (Å²) in [6.07, 6.45) is 5.31. The molecule has 0 aromatic heterocycles. The summed E-state index contributed by atoms with van der Waals surface area (Å²) in [5.41, 5.74) is 0.435. The van der Waals surface area contributed by atoms with Gasteiger partial charge in [-0.05, 0) is 12.1 Å². The lowest BCUT2D eigenvalue weighted by molar-refractivity contribution is 0.614. The minimum Gasteiger partial charge on any atom is -0.205 e. The Labute approximate surface area is 83.9 Å². The summed E-state index contributed by atoms with van der Waals surface area (Å²) in [6.45, 7) is 0. The lowest BCUT2D eigenvalue weighted by atomic mass is 10.1. The van der Waals surface area contributed by atoms with Gasteiger partial charge in [0.1, 0.15) is 5.82 Å². The molecule has 0 aliphatic rings. The molecule has 0 saturated heterocycles. The topological polar surface area (TPSA) is 0 Å². The highest BCUT2D eigenvalue weighted by Gasteiger charge is 2.08. The maximum Gasteiger partial charge on any atom is 0.147 e. The largest absolute Gasteiger partial charge is 0.205 e. The normalized spacial score (nSPS) is 9.50. The molecule has 0 bridgehead atoms. The van der Waals surface area contributed by atoms with Crippen molar-refractivity contribution in [2.75, 3.05) is 0 Å². The van der Waals surface area contributed by atoms with Gasteiger partial charge in [0.2, 0.25) is 0 Å². The van der Waals surface area contributed by atoms with Gasteiger partial charge in [-0.15, -0.1) is 12.3 Å². The van der Waals surface area contributed by atoms with Crippen LogP contribution in [0.5, 0.6) is 0 Å². The standard InChI is InChI=1S/C9H5BrClF/c1-2-3-6-7(10)4-5-8(11)9(6)12/h1,4-5H,3H2. The first-order chi connectivity index (χ1) is 5.66. The van der Waals surface area contributed by atoms with Crippen LogP contribution in [-0.4, -0.2) is 0 Å². The van der Waals surface area contributed by atoms with E-state index in [1.54, 1.807) is 6.07 Å². The van der Waals surface area contributed by atoms with Gasteiger partial charge in [-0.25, -0.2) is 4.39 Å². The van der Waals surface area contributed by atoms with Crippen LogP contribution >= 0.6 is 27.5 Å². The molecular formula is C9H5BrClF. The lowest BCUT2D eigenvalue weighted by Crippen LogP contribution is -1.91. The molecule has 0 N–H and O–H groups in total. The van der Waals surface area contributed by atoms with Crippen molar-refractivity contribution < 1.29 is 4.39 Å². The number of halogens is 3. The predicted octanol–water partition coefficient (Wildman–Crippen LogP) is 3.42. The van der Waals surface area contributed by atoms with Gasteiger partial charge in [-0.1, -0.05) is 27.5 Å². The number of hydrogen-bond acceptors (Lipinski definition) is 0. The van der Waals surface area contributed by atoms with E-state index in [0.717, 1.165) is 0 Å². The van der Waals surface area contributed by atoms with Crippen LogP contribution in [0.4, 0.5) is 4.39 Å². The van der Waals surface area contributed by atoms with Gasteiger partial charge in [-0.3, -0.25) is 0 Å². The third kappa shape index (κ3) is 1.80. The monoisotopic (exact) mass is 246 g/mol. The quantitative estimate of drug-likeness (QED) is 0.527. The van der Waals surface area contributed by atoms with Crippen molar-refractivity contribution in [1.29, 1.82) is 0 Å². The van der Waals surface area contributed by atoms with Gasteiger partial charge >= 0.3 is 0 Å². The molecule has 12 heavy (non-hydrogen) atoms. The molecule has 0 spiro atoms. The number of terminal acetylenes is 1. The average molecular weight is 247 g/mol. The fraction of sp³-hybridized carbons (Fsp3) is 0.111. The van der Waals surface area contributed by atoms with Gasteiger partial charge in [0, 0.05) is 16.5 Å². The van der Waals surface area contributed by atoms with E-state index in [1.165, 1.54) is 6.07 Å². The number of benzene rings is 1. The van der Waals surface area contributed by atoms with Crippen molar-refractivity contribution in [3.05, 3.63) is 33.0 Å². The van der Waals surface area contributed by atoms with Crippen LogP contribution in [0.3, 0.4) is 0 Å². The molecule has 1 rings (SSSR count). The Hall–Kier alpha value is -0.520. The Morgan fingerprint density at radius 2 is 2.25 bits per heavy atom. The SMILES string of the molecule is C#CCc1c(Br)ccc(Cl)c1F. The van der Waals surface area contributed by atoms with Crippen LogP contribution in [0.2, 0.25) is 5.02 Å². The van der Waals surface area contributed by atoms with Gasteiger partial charge in [0.15, 0.2) is 0 Å². The summed E-state index contributed by atoms with van der Waals surface area (Å²) in [5, 5.41) is 0.100. The molecule has 0 nitrogen and oxygen atoms in total. The van der Waals surface area contributed by atoms with Crippen molar-refractivity contribution in [2.45, 2.75) is 6.42 Å². The maximum absolute atomic E-state index is 13.2. The molecule has 0 radical (unpaired) electrons. The summed E-state index contributed by atoms with van der Waals surface area (Å²) in [5.74, 6) is 1.92. The van der Waals surface area contributed by atoms with Gasteiger partial charge < -0.3 is 0 Å². The van der Waals surface area contributed by atoms with Crippen molar-refractivity contribution in [3.63, 3.8) is 0 Å². The van der Waals surface area contributed by atoms with E-state index in [9.17, 15) is 4.39 Å². The van der Waals surface area contributed by atoms with Crippen molar-refractivity contribution in [1.82, 2.24) is 0 Å². The van der Waals surface area contributed by atoms with Crippen LogP contribution < -0.4 is 0 Å². The first-order valence-corrected chi connectivity index (χ1v) is 4.39. The second kappa shape index (κ2) is 3.93. The Balaban J connectivity index is 3.25. The van der Waals surface area contributed by atoms with E-state index < -0.39 is 5.82 Å². The summed E-state index contributed by atoms with van der Waals surface area (Å²) in [4.78, 5) is 0. The molecule has 0 amide bonds. The fourth-order valence-electron chi connectivity index (χ4n) is 0.833. The second-order valence-electron chi connectivity index (χ2n) is 2.20. The molecule has 0 saturated carbocycles. The van der Waals surface area contributed by atoms with Gasteiger partial charge in [0.05, 0.1) is 5.02 Å². The zero-order valence-corrected chi connectivity index (χ0v) is 8.41. The highest BCUT2D eigenvalue weighted by molar-refractivity contribution is 9.10. The minimum absolute atomic E-state index is 0.100. The second-order valence-corrected chi connectivity index (χ2v) is 3.46. The maximum atomic E-state index is 13.2. The van der Waals surface area contributed by atoms with Crippen molar-refractivity contribution in [2.24, 2.45) is 0 Å². The first-order valence-electron chi connectivity index (χ1n) is 3.22. The molecule has 0 aliphatic carbocycles. The van der Waals surface area contributed by atoms with Crippen molar-refractivity contribution >= 4 is 27.5 Å². The summed E-state index contributed by atoms with van der Waals surface area (Å²) < 4.78 is 13.8. The molecule has 0 aliphatic heterocycles. The molecule has 0 atom stereocenters. The number of rotatable bonds is 1.